The Morgan fingerprint density at radius 3 is 2.14 bits per heavy atom. The van der Waals surface area contributed by atoms with Crippen molar-refractivity contribution in [2.75, 3.05) is 18.5 Å². The summed E-state index contributed by atoms with van der Waals surface area (Å²) in [5, 5.41) is 2.10. The molecule has 1 rings (SSSR count). The minimum atomic E-state index is 0.982. The second-order valence-electron chi connectivity index (χ2n) is 3.28. The zero-order valence-electron chi connectivity index (χ0n) is 9.17. The minimum Gasteiger partial charge on any atom is -0.308 e. The molecule has 78 valence electrons. The van der Waals surface area contributed by atoms with E-state index in [4.69, 9.17) is 0 Å². The summed E-state index contributed by atoms with van der Waals surface area (Å²) in [6, 6.07) is 8.30. The SMILES string of the molecule is CCN(CC)NNc1ccc(C)cc1. The number of hydrazine groups is 2. The Labute approximate surface area is 86.1 Å². The topological polar surface area (TPSA) is 27.3 Å². The lowest BCUT2D eigenvalue weighted by molar-refractivity contribution is 0.230. The van der Waals surface area contributed by atoms with Crippen LogP contribution in [-0.4, -0.2) is 18.1 Å². The number of hydrogen-bond acceptors (Lipinski definition) is 3. The molecular weight excluding hydrogens is 174 g/mol. The van der Waals surface area contributed by atoms with Crippen molar-refractivity contribution in [1.29, 1.82) is 0 Å². The smallest absolute Gasteiger partial charge is 0.0501 e. The van der Waals surface area contributed by atoms with Crippen LogP contribution in [0.15, 0.2) is 24.3 Å². The van der Waals surface area contributed by atoms with E-state index in [0.717, 1.165) is 18.8 Å². The van der Waals surface area contributed by atoms with Crippen molar-refractivity contribution >= 4 is 5.69 Å². The van der Waals surface area contributed by atoms with E-state index >= 15 is 0 Å². The molecule has 3 heteroatoms. The summed E-state index contributed by atoms with van der Waals surface area (Å²) in [5.41, 5.74) is 8.65. The van der Waals surface area contributed by atoms with Crippen molar-refractivity contribution < 1.29 is 0 Å². The van der Waals surface area contributed by atoms with E-state index < -0.39 is 0 Å². The lowest BCUT2D eigenvalue weighted by atomic mass is 10.2. The summed E-state index contributed by atoms with van der Waals surface area (Å²) in [5.74, 6) is 0. The van der Waals surface area contributed by atoms with Gasteiger partial charge in [-0.15, -0.1) is 0 Å². The monoisotopic (exact) mass is 193 g/mol. The average Bonchev–Trinajstić information content (AvgIpc) is 2.22. The van der Waals surface area contributed by atoms with Crippen LogP contribution in [0.3, 0.4) is 0 Å². The van der Waals surface area contributed by atoms with Gasteiger partial charge in [0, 0.05) is 13.1 Å². The molecule has 0 atom stereocenters. The van der Waals surface area contributed by atoms with Gasteiger partial charge in [-0.25, -0.2) is 5.01 Å². The first-order valence-corrected chi connectivity index (χ1v) is 5.09. The van der Waals surface area contributed by atoms with E-state index in [1.54, 1.807) is 0 Å². The number of rotatable bonds is 5. The van der Waals surface area contributed by atoms with E-state index in [1.165, 1.54) is 5.56 Å². The summed E-state index contributed by atoms with van der Waals surface area (Å²) in [4.78, 5) is 0. The first-order valence-electron chi connectivity index (χ1n) is 5.09. The molecule has 1 aromatic rings. The summed E-state index contributed by atoms with van der Waals surface area (Å²) >= 11 is 0. The van der Waals surface area contributed by atoms with Gasteiger partial charge in [0.25, 0.3) is 0 Å². The predicted molar refractivity (Wildman–Crippen MR) is 60.9 cm³/mol. The van der Waals surface area contributed by atoms with Gasteiger partial charge in [0.15, 0.2) is 0 Å². The van der Waals surface area contributed by atoms with Crippen molar-refractivity contribution in [2.24, 2.45) is 0 Å². The fraction of sp³-hybridized carbons (Fsp3) is 0.455. The number of benzene rings is 1. The molecule has 0 saturated carbocycles. The Morgan fingerprint density at radius 1 is 1.07 bits per heavy atom. The number of nitrogens with zero attached hydrogens (tertiary/aromatic N) is 1. The Bertz CT molecular complexity index is 252. The molecular formula is C11H19N3. The van der Waals surface area contributed by atoms with Gasteiger partial charge in [-0.3, -0.25) is 0 Å². The maximum atomic E-state index is 3.15. The molecule has 1 aromatic carbocycles. The highest BCUT2D eigenvalue weighted by Crippen LogP contribution is 2.06. The zero-order chi connectivity index (χ0) is 10.4. The van der Waals surface area contributed by atoms with Gasteiger partial charge < -0.3 is 5.43 Å². The van der Waals surface area contributed by atoms with Crippen LogP contribution >= 0.6 is 0 Å². The standard InChI is InChI=1S/C11H19N3/c1-4-14(5-2)13-12-11-8-6-10(3)7-9-11/h6-9,12-13H,4-5H2,1-3H3. The second kappa shape index (κ2) is 5.62. The highest BCUT2D eigenvalue weighted by molar-refractivity contribution is 5.43. The molecule has 0 saturated heterocycles. The molecule has 3 nitrogen and oxygen atoms in total. The van der Waals surface area contributed by atoms with Crippen molar-refractivity contribution in [1.82, 2.24) is 10.5 Å². The van der Waals surface area contributed by atoms with Crippen molar-refractivity contribution in [3.05, 3.63) is 29.8 Å². The highest BCUT2D eigenvalue weighted by atomic mass is 15.7. The van der Waals surface area contributed by atoms with Crippen LogP contribution < -0.4 is 11.0 Å². The second-order valence-corrected chi connectivity index (χ2v) is 3.28. The third-order valence-electron chi connectivity index (χ3n) is 2.17. The third-order valence-corrected chi connectivity index (χ3v) is 2.17. The maximum absolute atomic E-state index is 3.15. The molecule has 0 amide bonds. The minimum absolute atomic E-state index is 0.982. The molecule has 0 aliphatic carbocycles. The third kappa shape index (κ3) is 3.36. The van der Waals surface area contributed by atoms with Crippen LogP contribution in [0, 0.1) is 6.92 Å². The fourth-order valence-electron chi connectivity index (χ4n) is 1.16. The lowest BCUT2D eigenvalue weighted by Gasteiger charge is -2.20. The van der Waals surface area contributed by atoms with Crippen LogP contribution in [0.5, 0.6) is 0 Å². The molecule has 0 aromatic heterocycles. The summed E-state index contributed by atoms with van der Waals surface area (Å²) in [6.07, 6.45) is 0. The maximum Gasteiger partial charge on any atom is 0.0501 e. The normalized spacial score (nSPS) is 10.6. The van der Waals surface area contributed by atoms with Gasteiger partial charge in [0.1, 0.15) is 0 Å². The molecule has 0 heterocycles. The van der Waals surface area contributed by atoms with Crippen molar-refractivity contribution in [2.45, 2.75) is 20.8 Å². The van der Waals surface area contributed by atoms with Crippen molar-refractivity contribution in [3.63, 3.8) is 0 Å². The first-order chi connectivity index (χ1) is 6.76. The van der Waals surface area contributed by atoms with E-state index in [1.807, 2.05) is 0 Å². The van der Waals surface area contributed by atoms with E-state index in [-0.39, 0.29) is 0 Å². The predicted octanol–water partition coefficient (Wildman–Crippen LogP) is 2.17. The summed E-state index contributed by atoms with van der Waals surface area (Å²) in [6.45, 7) is 8.28. The molecule has 0 bridgehead atoms. The highest BCUT2D eigenvalue weighted by Gasteiger charge is 1.96. The van der Waals surface area contributed by atoms with Crippen LogP contribution in [0.4, 0.5) is 5.69 Å². The quantitative estimate of drug-likeness (QED) is 0.702. The van der Waals surface area contributed by atoms with E-state index in [9.17, 15) is 0 Å². The van der Waals surface area contributed by atoms with Gasteiger partial charge in [0.2, 0.25) is 0 Å². The average molecular weight is 193 g/mol. The van der Waals surface area contributed by atoms with Gasteiger partial charge in [-0.1, -0.05) is 31.5 Å². The van der Waals surface area contributed by atoms with Gasteiger partial charge in [-0.2, -0.15) is 5.53 Å². The van der Waals surface area contributed by atoms with E-state index in [0.29, 0.717) is 0 Å². The molecule has 0 aliphatic rings. The molecule has 0 fully saturated rings. The number of nitrogens with one attached hydrogen (secondary N) is 2. The number of aryl methyl sites for hydroxylation is 1. The largest absolute Gasteiger partial charge is 0.308 e. The van der Waals surface area contributed by atoms with Crippen LogP contribution in [0.25, 0.3) is 0 Å². The van der Waals surface area contributed by atoms with Crippen LogP contribution in [-0.2, 0) is 0 Å². The lowest BCUT2D eigenvalue weighted by Crippen LogP contribution is -2.41. The molecule has 0 spiro atoms. The van der Waals surface area contributed by atoms with E-state index in [2.05, 4.69) is 61.0 Å². The Hall–Kier alpha value is -1.06. The fourth-order valence-corrected chi connectivity index (χ4v) is 1.16. The van der Waals surface area contributed by atoms with Crippen molar-refractivity contribution in [3.8, 4) is 0 Å². The van der Waals surface area contributed by atoms with Crippen LogP contribution in [0.1, 0.15) is 19.4 Å². The number of anilines is 1. The molecule has 0 radical (unpaired) electrons. The Balaban J connectivity index is 2.41. The number of hydrogen-bond donors (Lipinski definition) is 2. The Kier molecular flexibility index (Phi) is 4.43. The molecule has 0 unspecified atom stereocenters. The van der Waals surface area contributed by atoms with Crippen LogP contribution in [0.2, 0.25) is 0 Å². The first kappa shape index (κ1) is 11.0. The Morgan fingerprint density at radius 2 is 1.64 bits per heavy atom. The van der Waals surface area contributed by atoms with Gasteiger partial charge in [0.05, 0.1) is 5.69 Å². The zero-order valence-corrected chi connectivity index (χ0v) is 9.17. The molecule has 0 aliphatic heterocycles. The molecule has 14 heavy (non-hydrogen) atoms. The van der Waals surface area contributed by atoms with Gasteiger partial charge >= 0.3 is 0 Å². The summed E-state index contributed by atoms with van der Waals surface area (Å²) < 4.78 is 0. The summed E-state index contributed by atoms with van der Waals surface area (Å²) in [7, 11) is 0. The molecule has 2 N–H and O–H groups in total. The van der Waals surface area contributed by atoms with Gasteiger partial charge in [-0.05, 0) is 19.1 Å².